The summed E-state index contributed by atoms with van der Waals surface area (Å²) in [7, 11) is 0. The van der Waals surface area contributed by atoms with Crippen LogP contribution >= 0.6 is 0 Å². The molecule has 2 heterocycles. The first kappa shape index (κ1) is 9.77. The number of hydrogen-bond donors (Lipinski definition) is 1. The van der Waals surface area contributed by atoms with E-state index in [1.54, 1.807) is 12.4 Å². The van der Waals surface area contributed by atoms with Crippen molar-refractivity contribution in [3.8, 4) is 5.82 Å². The van der Waals surface area contributed by atoms with E-state index in [4.69, 9.17) is 0 Å². The van der Waals surface area contributed by atoms with Crippen LogP contribution in [0.1, 0.15) is 5.69 Å². The number of nitrogens with zero attached hydrogens (tertiary/aromatic N) is 3. The van der Waals surface area contributed by atoms with Crippen LogP contribution < -0.4 is 5.56 Å². The summed E-state index contributed by atoms with van der Waals surface area (Å²) in [5.41, 5.74) is 1.43. The molecule has 2 aromatic heterocycles. The number of aromatic amines is 1. The SMILES string of the molecule is Cc1[nH]cnc1-n1cnc2ccccc2c1=O. The molecule has 84 valence electrons. The first-order valence-electron chi connectivity index (χ1n) is 5.24. The van der Waals surface area contributed by atoms with Crippen LogP contribution in [0.4, 0.5) is 0 Å². The number of nitrogens with one attached hydrogen (secondary N) is 1. The van der Waals surface area contributed by atoms with E-state index in [-0.39, 0.29) is 5.56 Å². The molecular formula is C12H10N4O. The average molecular weight is 226 g/mol. The normalized spacial score (nSPS) is 10.9. The molecule has 5 heteroatoms. The average Bonchev–Trinajstić information content (AvgIpc) is 2.76. The van der Waals surface area contributed by atoms with Gasteiger partial charge in [-0.3, -0.25) is 4.79 Å². The van der Waals surface area contributed by atoms with Crippen LogP contribution in [0.25, 0.3) is 16.7 Å². The van der Waals surface area contributed by atoms with Gasteiger partial charge in [0.25, 0.3) is 5.56 Å². The van der Waals surface area contributed by atoms with Crippen molar-refractivity contribution in [1.82, 2.24) is 19.5 Å². The Balaban J connectivity index is 2.37. The molecule has 5 nitrogen and oxygen atoms in total. The van der Waals surface area contributed by atoms with Crippen LogP contribution in [-0.4, -0.2) is 19.5 Å². The summed E-state index contributed by atoms with van der Waals surface area (Å²) in [6.45, 7) is 1.87. The van der Waals surface area contributed by atoms with Crippen LogP contribution in [0.5, 0.6) is 0 Å². The molecule has 0 aliphatic carbocycles. The smallest absolute Gasteiger partial charge is 0.267 e. The lowest BCUT2D eigenvalue weighted by molar-refractivity contribution is 0.920. The quantitative estimate of drug-likeness (QED) is 0.682. The van der Waals surface area contributed by atoms with E-state index in [9.17, 15) is 4.79 Å². The minimum Gasteiger partial charge on any atom is -0.347 e. The number of aromatic nitrogens is 4. The van der Waals surface area contributed by atoms with Crippen molar-refractivity contribution in [2.24, 2.45) is 0 Å². The largest absolute Gasteiger partial charge is 0.347 e. The van der Waals surface area contributed by atoms with E-state index < -0.39 is 0 Å². The van der Waals surface area contributed by atoms with Gasteiger partial charge in [-0.15, -0.1) is 0 Å². The molecule has 0 aliphatic heterocycles. The van der Waals surface area contributed by atoms with Crippen molar-refractivity contribution in [1.29, 1.82) is 0 Å². The van der Waals surface area contributed by atoms with Crippen molar-refractivity contribution < 1.29 is 0 Å². The highest BCUT2D eigenvalue weighted by atomic mass is 16.1. The molecule has 0 bridgehead atoms. The highest BCUT2D eigenvalue weighted by Gasteiger charge is 2.08. The molecule has 1 aromatic carbocycles. The molecule has 0 aliphatic rings. The zero-order valence-electron chi connectivity index (χ0n) is 9.21. The molecule has 3 rings (SSSR count). The minimum absolute atomic E-state index is 0.106. The van der Waals surface area contributed by atoms with Crippen molar-refractivity contribution in [2.75, 3.05) is 0 Å². The Kier molecular flexibility index (Phi) is 2.04. The molecule has 0 atom stereocenters. The molecule has 3 aromatic rings. The van der Waals surface area contributed by atoms with Crippen LogP contribution in [0.2, 0.25) is 0 Å². The van der Waals surface area contributed by atoms with Gasteiger partial charge in [-0.05, 0) is 19.1 Å². The van der Waals surface area contributed by atoms with E-state index >= 15 is 0 Å². The number of aryl methyl sites for hydroxylation is 1. The Morgan fingerprint density at radius 2 is 2.06 bits per heavy atom. The van der Waals surface area contributed by atoms with Gasteiger partial charge in [-0.1, -0.05) is 12.1 Å². The predicted molar refractivity (Wildman–Crippen MR) is 64.2 cm³/mol. The van der Waals surface area contributed by atoms with E-state index in [1.165, 1.54) is 10.9 Å². The van der Waals surface area contributed by atoms with E-state index in [0.29, 0.717) is 16.7 Å². The van der Waals surface area contributed by atoms with E-state index in [2.05, 4.69) is 15.0 Å². The fourth-order valence-electron chi connectivity index (χ4n) is 1.81. The van der Waals surface area contributed by atoms with Crippen LogP contribution in [0.3, 0.4) is 0 Å². The molecule has 0 spiro atoms. The summed E-state index contributed by atoms with van der Waals surface area (Å²) < 4.78 is 1.45. The zero-order valence-corrected chi connectivity index (χ0v) is 9.21. The second kappa shape index (κ2) is 3.55. The zero-order chi connectivity index (χ0) is 11.8. The number of hydrogen-bond acceptors (Lipinski definition) is 3. The number of fused-ring (bicyclic) bond motifs is 1. The van der Waals surface area contributed by atoms with Crippen molar-refractivity contribution in [3.63, 3.8) is 0 Å². The van der Waals surface area contributed by atoms with E-state index in [0.717, 1.165) is 5.69 Å². The van der Waals surface area contributed by atoms with Gasteiger partial charge in [-0.2, -0.15) is 0 Å². The maximum absolute atomic E-state index is 12.2. The Labute approximate surface area is 96.8 Å². The van der Waals surface area contributed by atoms with Gasteiger partial charge >= 0.3 is 0 Å². The molecule has 0 radical (unpaired) electrons. The van der Waals surface area contributed by atoms with Crippen LogP contribution in [0.15, 0.2) is 41.7 Å². The third-order valence-corrected chi connectivity index (χ3v) is 2.70. The molecule has 1 N–H and O–H groups in total. The molecule has 0 saturated heterocycles. The lowest BCUT2D eigenvalue weighted by atomic mass is 10.2. The monoisotopic (exact) mass is 226 g/mol. The van der Waals surface area contributed by atoms with Crippen molar-refractivity contribution in [3.05, 3.63) is 53.0 Å². The van der Waals surface area contributed by atoms with Gasteiger partial charge in [0.2, 0.25) is 0 Å². The molecular weight excluding hydrogens is 216 g/mol. The highest BCUT2D eigenvalue weighted by Crippen LogP contribution is 2.09. The van der Waals surface area contributed by atoms with Gasteiger partial charge in [-0.25, -0.2) is 14.5 Å². The lowest BCUT2D eigenvalue weighted by Gasteiger charge is -2.03. The fourth-order valence-corrected chi connectivity index (χ4v) is 1.81. The Morgan fingerprint density at radius 1 is 1.24 bits per heavy atom. The number of imidazole rings is 1. The van der Waals surface area contributed by atoms with Gasteiger partial charge < -0.3 is 4.98 Å². The number of H-pyrrole nitrogens is 1. The Bertz CT molecular complexity index is 741. The topological polar surface area (TPSA) is 63.6 Å². The third-order valence-electron chi connectivity index (χ3n) is 2.70. The first-order valence-corrected chi connectivity index (χ1v) is 5.24. The summed E-state index contributed by atoms with van der Waals surface area (Å²) in [5, 5.41) is 0.595. The summed E-state index contributed by atoms with van der Waals surface area (Å²) in [4.78, 5) is 23.6. The number of para-hydroxylation sites is 1. The second-order valence-corrected chi connectivity index (χ2v) is 3.79. The summed E-state index contributed by atoms with van der Waals surface area (Å²) >= 11 is 0. The number of benzene rings is 1. The van der Waals surface area contributed by atoms with Gasteiger partial charge in [0.05, 0.1) is 22.9 Å². The molecule has 17 heavy (non-hydrogen) atoms. The Morgan fingerprint density at radius 3 is 2.82 bits per heavy atom. The number of rotatable bonds is 1. The first-order chi connectivity index (χ1) is 8.27. The minimum atomic E-state index is -0.106. The van der Waals surface area contributed by atoms with E-state index in [1.807, 2.05) is 25.1 Å². The highest BCUT2D eigenvalue weighted by molar-refractivity contribution is 5.77. The van der Waals surface area contributed by atoms with Gasteiger partial charge in [0.15, 0.2) is 5.82 Å². The lowest BCUT2D eigenvalue weighted by Crippen LogP contribution is -2.19. The standard InChI is InChI=1S/C12H10N4O/c1-8-11(14-6-13-8)16-7-15-10-5-3-2-4-9(10)12(16)17/h2-7H,1H3,(H,13,14). The summed E-state index contributed by atoms with van der Waals surface area (Å²) in [5.74, 6) is 0.591. The maximum Gasteiger partial charge on any atom is 0.267 e. The van der Waals surface area contributed by atoms with Crippen molar-refractivity contribution in [2.45, 2.75) is 6.92 Å². The van der Waals surface area contributed by atoms with Crippen LogP contribution in [0, 0.1) is 6.92 Å². The van der Waals surface area contributed by atoms with Crippen molar-refractivity contribution >= 4 is 10.9 Å². The Hall–Kier alpha value is -2.43. The van der Waals surface area contributed by atoms with Gasteiger partial charge in [0.1, 0.15) is 6.33 Å². The molecule has 0 unspecified atom stereocenters. The van der Waals surface area contributed by atoms with Crippen LogP contribution in [-0.2, 0) is 0 Å². The molecule has 0 amide bonds. The summed E-state index contributed by atoms with van der Waals surface area (Å²) in [6, 6.07) is 7.27. The maximum atomic E-state index is 12.2. The fraction of sp³-hybridized carbons (Fsp3) is 0.0833. The predicted octanol–water partition coefficient (Wildman–Crippen LogP) is 1.42. The third kappa shape index (κ3) is 1.44. The second-order valence-electron chi connectivity index (χ2n) is 3.79. The van der Waals surface area contributed by atoms with Gasteiger partial charge in [0, 0.05) is 0 Å². The molecule has 0 saturated carbocycles. The summed E-state index contributed by atoms with van der Waals surface area (Å²) in [6.07, 6.45) is 3.07. The molecule has 0 fully saturated rings.